The third-order valence-corrected chi connectivity index (χ3v) is 8.32. The van der Waals surface area contributed by atoms with Gasteiger partial charge in [-0.2, -0.15) is 12.6 Å². The van der Waals surface area contributed by atoms with Crippen LogP contribution in [0.4, 0.5) is 8.78 Å². The predicted molar refractivity (Wildman–Crippen MR) is 113 cm³/mol. The Balaban J connectivity index is 2.15. The van der Waals surface area contributed by atoms with Crippen molar-refractivity contribution in [1.82, 2.24) is 0 Å². The van der Waals surface area contributed by atoms with Gasteiger partial charge in [0, 0.05) is 23.7 Å². The third kappa shape index (κ3) is 4.31. The highest BCUT2D eigenvalue weighted by atomic mass is 32.2. The molecule has 1 aliphatic rings. The molecule has 0 unspecified atom stereocenters. The van der Waals surface area contributed by atoms with Gasteiger partial charge in [0.05, 0.1) is 18.1 Å². The maximum atomic E-state index is 14.9. The molecular formula is C22H24F2O4S2. The van der Waals surface area contributed by atoms with Crippen molar-refractivity contribution < 1.29 is 26.7 Å². The summed E-state index contributed by atoms with van der Waals surface area (Å²) in [7, 11) is -4.15. The molecule has 0 spiro atoms. The number of benzene rings is 2. The Bertz CT molecular complexity index is 1020. The molecule has 0 saturated heterocycles. The number of thiol groups is 1. The molecule has 0 amide bonds. The largest absolute Gasteiger partial charge is 0.380 e. The zero-order valence-electron chi connectivity index (χ0n) is 16.6. The van der Waals surface area contributed by atoms with E-state index in [4.69, 9.17) is 4.74 Å². The minimum Gasteiger partial charge on any atom is -0.380 e. The summed E-state index contributed by atoms with van der Waals surface area (Å²) >= 11 is 4.06. The first-order valence-corrected chi connectivity index (χ1v) is 11.8. The van der Waals surface area contributed by atoms with Crippen LogP contribution in [0.1, 0.15) is 30.4 Å². The number of ketones is 1. The van der Waals surface area contributed by atoms with Crippen molar-refractivity contribution in [3.05, 3.63) is 65.2 Å². The number of halogens is 2. The van der Waals surface area contributed by atoms with E-state index in [0.717, 1.165) is 23.8 Å². The third-order valence-electron chi connectivity index (χ3n) is 5.63. The fourth-order valence-corrected chi connectivity index (χ4v) is 6.32. The maximum Gasteiger partial charge on any atom is 0.188 e. The second-order valence-corrected chi connectivity index (χ2v) is 10.3. The molecule has 1 fully saturated rings. The summed E-state index contributed by atoms with van der Waals surface area (Å²) in [6, 6.07) is 9.06. The molecule has 30 heavy (non-hydrogen) atoms. The van der Waals surface area contributed by atoms with Gasteiger partial charge >= 0.3 is 0 Å². The highest BCUT2D eigenvalue weighted by Gasteiger charge is 2.52. The Morgan fingerprint density at radius 2 is 1.87 bits per heavy atom. The Hall–Kier alpha value is -1.77. The minimum absolute atomic E-state index is 0.0149. The lowest BCUT2D eigenvalue weighted by Crippen LogP contribution is -2.45. The molecule has 0 radical (unpaired) electrons. The Morgan fingerprint density at radius 1 is 1.17 bits per heavy atom. The molecule has 0 heterocycles. The van der Waals surface area contributed by atoms with Gasteiger partial charge in [-0.25, -0.2) is 17.2 Å². The van der Waals surface area contributed by atoms with E-state index in [2.05, 4.69) is 12.6 Å². The molecule has 0 N–H and O–H groups in total. The van der Waals surface area contributed by atoms with Crippen molar-refractivity contribution in [2.75, 3.05) is 19.0 Å². The predicted octanol–water partition coefficient (Wildman–Crippen LogP) is 4.26. The van der Waals surface area contributed by atoms with Crippen molar-refractivity contribution in [1.29, 1.82) is 0 Å². The average Bonchev–Trinajstić information content (AvgIpc) is 2.72. The molecule has 1 aliphatic carbocycles. The van der Waals surface area contributed by atoms with E-state index < -0.39 is 32.1 Å². The van der Waals surface area contributed by atoms with E-state index >= 15 is 0 Å². The normalized spacial score (nSPS) is 22.3. The van der Waals surface area contributed by atoms with Crippen LogP contribution in [0.2, 0.25) is 0 Å². The van der Waals surface area contributed by atoms with Crippen LogP contribution in [-0.2, 0) is 24.1 Å². The van der Waals surface area contributed by atoms with Crippen molar-refractivity contribution in [3.63, 3.8) is 0 Å². The van der Waals surface area contributed by atoms with E-state index in [-0.39, 0.29) is 42.1 Å². The standard InChI is InChI=1S/C22H24F2O4S2/c1-15-2-5-18(6-3-15)30(26,27)22(19-12-17(23)4-7-20(19)24)9-8-21(25)16(13-22)14-28-10-11-29/h2-7,12,16,29H,8-11,13-14H2,1H3/t16-,22+/m0/s1. The van der Waals surface area contributed by atoms with Gasteiger partial charge in [0.25, 0.3) is 0 Å². The molecule has 0 bridgehead atoms. The molecule has 2 aromatic rings. The second kappa shape index (κ2) is 9.16. The van der Waals surface area contributed by atoms with Crippen molar-refractivity contribution in [3.8, 4) is 0 Å². The first-order chi connectivity index (χ1) is 14.2. The Labute approximate surface area is 181 Å². The van der Waals surface area contributed by atoms with Crippen molar-refractivity contribution >= 4 is 28.2 Å². The van der Waals surface area contributed by atoms with Crippen LogP contribution >= 0.6 is 12.6 Å². The van der Waals surface area contributed by atoms with E-state index in [1.165, 1.54) is 12.1 Å². The van der Waals surface area contributed by atoms with Crippen LogP contribution in [0.15, 0.2) is 47.4 Å². The minimum atomic E-state index is -4.15. The van der Waals surface area contributed by atoms with Crippen LogP contribution in [0, 0.1) is 24.5 Å². The van der Waals surface area contributed by atoms with E-state index in [0.29, 0.717) is 12.4 Å². The lowest BCUT2D eigenvalue weighted by Gasteiger charge is -2.40. The average molecular weight is 455 g/mol. The van der Waals surface area contributed by atoms with Crippen LogP contribution in [0.25, 0.3) is 0 Å². The van der Waals surface area contributed by atoms with Gasteiger partial charge in [-0.1, -0.05) is 17.7 Å². The molecule has 4 nitrogen and oxygen atoms in total. The highest BCUT2D eigenvalue weighted by Crippen LogP contribution is 2.48. The number of Topliss-reactive ketones (excluding diaryl/α,β-unsaturated/α-hetero) is 1. The Morgan fingerprint density at radius 3 is 2.53 bits per heavy atom. The summed E-state index contributed by atoms with van der Waals surface area (Å²) in [5.74, 6) is -1.96. The van der Waals surface area contributed by atoms with E-state index in [9.17, 15) is 22.0 Å². The fourth-order valence-electron chi connectivity index (χ4n) is 4.01. The first kappa shape index (κ1) is 22.9. The Kier molecular flexibility index (Phi) is 6.99. The lowest BCUT2D eigenvalue weighted by atomic mass is 9.76. The molecule has 162 valence electrons. The monoisotopic (exact) mass is 454 g/mol. The summed E-state index contributed by atoms with van der Waals surface area (Å²) in [5.41, 5.74) is 0.631. The van der Waals surface area contributed by atoms with E-state index in [1.807, 2.05) is 6.92 Å². The maximum absolute atomic E-state index is 14.9. The van der Waals surface area contributed by atoms with Crippen molar-refractivity contribution in [2.24, 2.45) is 5.92 Å². The van der Waals surface area contributed by atoms with Crippen LogP contribution in [-0.4, -0.2) is 33.2 Å². The highest BCUT2D eigenvalue weighted by molar-refractivity contribution is 7.92. The number of rotatable bonds is 7. The van der Waals surface area contributed by atoms with Crippen LogP contribution in [0.3, 0.4) is 0 Å². The quantitative estimate of drug-likeness (QED) is 0.502. The van der Waals surface area contributed by atoms with Gasteiger partial charge in [0.2, 0.25) is 0 Å². The van der Waals surface area contributed by atoms with Gasteiger partial charge in [-0.3, -0.25) is 4.79 Å². The molecule has 2 atom stereocenters. The van der Waals surface area contributed by atoms with Gasteiger partial charge in [-0.05, 0) is 50.1 Å². The molecule has 0 aliphatic heterocycles. The number of carbonyl (C=O) groups excluding carboxylic acids is 1. The van der Waals surface area contributed by atoms with Crippen molar-refractivity contribution in [2.45, 2.75) is 35.8 Å². The molecule has 2 aromatic carbocycles. The summed E-state index contributed by atoms with van der Waals surface area (Å²) in [5, 5.41) is 0. The zero-order valence-corrected chi connectivity index (χ0v) is 18.3. The number of aryl methyl sites for hydroxylation is 1. The first-order valence-electron chi connectivity index (χ1n) is 9.69. The number of ether oxygens (including phenoxy) is 1. The second-order valence-electron chi connectivity index (χ2n) is 7.60. The fraction of sp³-hybridized carbons (Fsp3) is 0.409. The summed E-state index contributed by atoms with van der Waals surface area (Å²) < 4.78 is 60.3. The summed E-state index contributed by atoms with van der Waals surface area (Å²) in [4.78, 5) is 12.5. The van der Waals surface area contributed by atoms with Gasteiger partial charge in [0.1, 0.15) is 22.2 Å². The summed E-state index contributed by atoms with van der Waals surface area (Å²) in [6.45, 7) is 2.15. The van der Waals surface area contributed by atoms with Crippen LogP contribution < -0.4 is 0 Å². The molecule has 0 aromatic heterocycles. The topological polar surface area (TPSA) is 60.4 Å². The lowest BCUT2D eigenvalue weighted by molar-refractivity contribution is -0.127. The van der Waals surface area contributed by atoms with Gasteiger partial charge < -0.3 is 4.74 Å². The zero-order chi connectivity index (χ0) is 21.9. The summed E-state index contributed by atoms with van der Waals surface area (Å²) in [6.07, 6.45) is -0.351. The van der Waals surface area contributed by atoms with Gasteiger partial charge in [0.15, 0.2) is 9.84 Å². The number of carbonyl (C=O) groups is 1. The van der Waals surface area contributed by atoms with Crippen LogP contribution in [0.5, 0.6) is 0 Å². The SMILES string of the molecule is Cc1ccc(S(=O)(=O)[C@]2(c3cc(F)ccc3F)CCC(=O)[C@H](COCCS)C2)cc1. The molecule has 3 rings (SSSR count). The molecule has 8 heteroatoms. The smallest absolute Gasteiger partial charge is 0.188 e. The number of sulfone groups is 1. The number of hydrogen-bond donors (Lipinski definition) is 1. The number of hydrogen-bond acceptors (Lipinski definition) is 5. The molecule has 1 saturated carbocycles. The van der Waals surface area contributed by atoms with E-state index in [1.54, 1.807) is 12.1 Å². The molecular weight excluding hydrogens is 430 g/mol. The van der Waals surface area contributed by atoms with Gasteiger partial charge in [-0.15, -0.1) is 0 Å².